The Labute approximate surface area is 119 Å². The van der Waals surface area contributed by atoms with Gasteiger partial charge in [0.1, 0.15) is 0 Å². The van der Waals surface area contributed by atoms with Gasteiger partial charge in [-0.2, -0.15) is 0 Å². The Balaban J connectivity index is 2.55. The SMILES string of the molecule is CCCNCC(C)S(=O)(=O)N1CCCC(CC)CC1. The normalized spacial score (nSPS) is 24.1. The summed E-state index contributed by atoms with van der Waals surface area (Å²) < 4.78 is 26.8. The van der Waals surface area contributed by atoms with E-state index < -0.39 is 10.0 Å². The van der Waals surface area contributed by atoms with E-state index in [1.165, 1.54) is 12.8 Å². The van der Waals surface area contributed by atoms with Crippen molar-refractivity contribution >= 4 is 10.0 Å². The van der Waals surface area contributed by atoms with Gasteiger partial charge < -0.3 is 5.32 Å². The van der Waals surface area contributed by atoms with Gasteiger partial charge in [-0.25, -0.2) is 12.7 Å². The Morgan fingerprint density at radius 1 is 1.26 bits per heavy atom. The van der Waals surface area contributed by atoms with E-state index in [1.807, 2.05) is 6.92 Å². The lowest BCUT2D eigenvalue weighted by Crippen LogP contribution is -2.42. The van der Waals surface area contributed by atoms with Gasteiger partial charge in [-0.15, -0.1) is 0 Å². The van der Waals surface area contributed by atoms with Crippen molar-refractivity contribution in [1.29, 1.82) is 0 Å². The van der Waals surface area contributed by atoms with Gasteiger partial charge in [0.2, 0.25) is 10.0 Å². The van der Waals surface area contributed by atoms with Crippen LogP contribution in [0, 0.1) is 5.92 Å². The molecule has 5 heteroatoms. The highest BCUT2D eigenvalue weighted by Gasteiger charge is 2.30. The Hall–Kier alpha value is -0.130. The van der Waals surface area contributed by atoms with Crippen molar-refractivity contribution in [3.05, 3.63) is 0 Å². The average Bonchev–Trinajstić information content (AvgIpc) is 2.64. The number of nitrogens with zero attached hydrogens (tertiary/aromatic N) is 1. The minimum Gasteiger partial charge on any atom is -0.315 e. The highest BCUT2D eigenvalue weighted by atomic mass is 32.2. The van der Waals surface area contributed by atoms with E-state index >= 15 is 0 Å². The summed E-state index contributed by atoms with van der Waals surface area (Å²) in [6, 6.07) is 0. The fourth-order valence-electron chi connectivity index (χ4n) is 2.64. The molecule has 0 saturated carbocycles. The summed E-state index contributed by atoms with van der Waals surface area (Å²) in [4.78, 5) is 0. The maximum absolute atomic E-state index is 12.5. The van der Waals surface area contributed by atoms with Crippen LogP contribution in [0.15, 0.2) is 0 Å². The van der Waals surface area contributed by atoms with E-state index in [2.05, 4.69) is 19.2 Å². The van der Waals surface area contributed by atoms with Crippen molar-refractivity contribution in [3.63, 3.8) is 0 Å². The van der Waals surface area contributed by atoms with E-state index in [4.69, 9.17) is 0 Å². The average molecular weight is 290 g/mol. The predicted molar refractivity (Wildman–Crippen MR) is 80.7 cm³/mol. The van der Waals surface area contributed by atoms with Crippen LogP contribution in [-0.2, 0) is 10.0 Å². The fraction of sp³-hybridized carbons (Fsp3) is 1.00. The lowest BCUT2D eigenvalue weighted by molar-refractivity contribution is 0.401. The summed E-state index contributed by atoms with van der Waals surface area (Å²) >= 11 is 0. The predicted octanol–water partition coefficient (Wildman–Crippen LogP) is 2.22. The third-order valence-electron chi connectivity index (χ3n) is 4.11. The molecule has 0 amide bonds. The highest BCUT2D eigenvalue weighted by molar-refractivity contribution is 7.89. The molecule has 2 atom stereocenters. The maximum Gasteiger partial charge on any atom is 0.217 e. The number of hydrogen-bond donors (Lipinski definition) is 1. The second-order valence-electron chi connectivity index (χ2n) is 5.66. The third-order valence-corrected chi connectivity index (χ3v) is 6.38. The Morgan fingerprint density at radius 2 is 2.00 bits per heavy atom. The molecule has 1 aliphatic heterocycles. The zero-order valence-electron chi connectivity index (χ0n) is 12.7. The molecule has 0 bridgehead atoms. The van der Waals surface area contributed by atoms with Crippen LogP contribution in [0.25, 0.3) is 0 Å². The minimum absolute atomic E-state index is 0.322. The zero-order valence-corrected chi connectivity index (χ0v) is 13.5. The molecule has 0 radical (unpaired) electrons. The van der Waals surface area contributed by atoms with Crippen LogP contribution in [-0.4, -0.2) is 44.2 Å². The summed E-state index contributed by atoms with van der Waals surface area (Å²) in [5, 5.41) is 2.89. The van der Waals surface area contributed by atoms with Crippen LogP contribution in [0.3, 0.4) is 0 Å². The molecule has 19 heavy (non-hydrogen) atoms. The first kappa shape index (κ1) is 16.9. The van der Waals surface area contributed by atoms with E-state index in [0.29, 0.717) is 25.6 Å². The molecule has 0 aliphatic carbocycles. The minimum atomic E-state index is -3.13. The van der Waals surface area contributed by atoms with E-state index in [-0.39, 0.29) is 5.25 Å². The Morgan fingerprint density at radius 3 is 2.63 bits per heavy atom. The molecule has 0 aromatic carbocycles. The summed E-state index contributed by atoms with van der Waals surface area (Å²) in [6.45, 7) is 8.97. The number of sulfonamides is 1. The van der Waals surface area contributed by atoms with Gasteiger partial charge in [0.25, 0.3) is 0 Å². The zero-order chi connectivity index (χ0) is 14.3. The first-order valence-corrected chi connectivity index (χ1v) is 9.22. The largest absolute Gasteiger partial charge is 0.315 e. The van der Waals surface area contributed by atoms with Crippen LogP contribution < -0.4 is 5.32 Å². The summed E-state index contributed by atoms with van der Waals surface area (Å²) in [7, 11) is -3.13. The number of rotatable bonds is 7. The van der Waals surface area contributed by atoms with E-state index in [9.17, 15) is 8.42 Å². The van der Waals surface area contributed by atoms with Gasteiger partial charge in [-0.3, -0.25) is 0 Å². The molecule has 2 unspecified atom stereocenters. The standard InChI is InChI=1S/C14H30N2O2S/c1-4-9-15-12-13(3)19(17,18)16-10-6-7-14(5-2)8-11-16/h13-15H,4-12H2,1-3H3. The van der Waals surface area contributed by atoms with Gasteiger partial charge in [0.15, 0.2) is 0 Å². The molecule has 1 fully saturated rings. The van der Waals surface area contributed by atoms with Crippen LogP contribution >= 0.6 is 0 Å². The van der Waals surface area contributed by atoms with Crippen molar-refractivity contribution in [1.82, 2.24) is 9.62 Å². The molecule has 1 N–H and O–H groups in total. The Bertz CT molecular complexity index is 343. The van der Waals surface area contributed by atoms with Crippen LogP contribution in [0.2, 0.25) is 0 Å². The van der Waals surface area contributed by atoms with Gasteiger partial charge in [0, 0.05) is 19.6 Å². The molecule has 0 aromatic heterocycles. The maximum atomic E-state index is 12.5. The van der Waals surface area contributed by atoms with Crippen molar-refractivity contribution in [2.75, 3.05) is 26.2 Å². The van der Waals surface area contributed by atoms with Gasteiger partial charge in [-0.1, -0.05) is 20.3 Å². The molecule has 1 heterocycles. The molecule has 1 rings (SSSR count). The van der Waals surface area contributed by atoms with Gasteiger partial charge >= 0.3 is 0 Å². The monoisotopic (exact) mass is 290 g/mol. The van der Waals surface area contributed by atoms with Gasteiger partial charge in [-0.05, 0) is 45.1 Å². The van der Waals surface area contributed by atoms with Gasteiger partial charge in [0.05, 0.1) is 5.25 Å². The topological polar surface area (TPSA) is 49.4 Å². The Kier molecular flexibility index (Phi) is 7.32. The molecule has 1 saturated heterocycles. The van der Waals surface area contributed by atoms with E-state index in [0.717, 1.165) is 25.8 Å². The number of nitrogens with one attached hydrogen (secondary N) is 1. The van der Waals surface area contributed by atoms with E-state index in [1.54, 1.807) is 4.31 Å². The molecular formula is C14H30N2O2S. The summed E-state index contributed by atoms with van der Waals surface area (Å²) in [5.74, 6) is 0.703. The molecule has 114 valence electrons. The summed E-state index contributed by atoms with van der Waals surface area (Å²) in [5.41, 5.74) is 0. The first-order valence-electron chi connectivity index (χ1n) is 7.72. The van der Waals surface area contributed by atoms with Crippen LogP contribution in [0.5, 0.6) is 0 Å². The quantitative estimate of drug-likeness (QED) is 0.731. The van der Waals surface area contributed by atoms with Crippen LogP contribution in [0.4, 0.5) is 0 Å². The second-order valence-corrected chi connectivity index (χ2v) is 8.01. The molecule has 1 aliphatic rings. The fourth-order valence-corrected chi connectivity index (χ4v) is 4.22. The molecule has 0 aromatic rings. The van der Waals surface area contributed by atoms with Crippen molar-refractivity contribution < 1.29 is 8.42 Å². The third kappa shape index (κ3) is 5.04. The summed E-state index contributed by atoms with van der Waals surface area (Å²) in [6.07, 6.45) is 5.40. The van der Waals surface area contributed by atoms with Crippen molar-refractivity contribution in [3.8, 4) is 0 Å². The van der Waals surface area contributed by atoms with Crippen molar-refractivity contribution in [2.24, 2.45) is 5.92 Å². The molecule has 0 spiro atoms. The van der Waals surface area contributed by atoms with Crippen LogP contribution in [0.1, 0.15) is 52.9 Å². The second kappa shape index (κ2) is 8.22. The molecular weight excluding hydrogens is 260 g/mol. The number of hydrogen-bond acceptors (Lipinski definition) is 3. The lowest BCUT2D eigenvalue weighted by atomic mass is 9.98. The smallest absolute Gasteiger partial charge is 0.217 e. The molecule has 4 nitrogen and oxygen atoms in total. The first-order chi connectivity index (χ1) is 9.02. The van der Waals surface area contributed by atoms with Crippen molar-refractivity contribution in [2.45, 2.75) is 58.1 Å². The highest BCUT2D eigenvalue weighted by Crippen LogP contribution is 2.23. The lowest BCUT2D eigenvalue weighted by Gasteiger charge is -2.24.